The van der Waals surface area contributed by atoms with Crippen molar-refractivity contribution in [1.29, 1.82) is 0 Å². The molecule has 3 heterocycles. The maximum atomic E-state index is 12.8. The number of likely N-dealkylation sites (tertiary alicyclic amines) is 1. The highest BCUT2D eigenvalue weighted by Crippen LogP contribution is 2.44. The predicted octanol–water partition coefficient (Wildman–Crippen LogP) is 1.72. The number of hydrogen-bond donors (Lipinski definition) is 1. The molecule has 3 aliphatic heterocycles. The van der Waals surface area contributed by atoms with Crippen molar-refractivity contribution in [2.24, 2.45) is 5.92 Å². The first-order valence-electron chi connectivity index (χ1n) is 7.60. The van der Waals surface area contributed by atoms with Crippen LogP contribution in [0.15, 0.2) is 24.3 Å². The molecule has 1 N–H and O–H groups in total. The minimum Gasteiger partial charge on any atom is -0.488 e. The minimum atomic E-state index is 0.181. The van der Waals surface area contributed by atoms with Gasteiger partial charge >= 0.3 is 0 Å². The number of nitrogens with one attached hydrogen (secondary N) is 1. The fourth-order valence-electron chi connectivity index (χ4n) is 3.77. The molecule has 0 aliphatic carbocycles. The Kier molecular flexibility index (Phi) is 2.91. The van der Waals surface area contributed by atoms with Crippen LogP contribution < -0.4 is 10.1 Å². The van der Waals surface area contributed by atoms with Gasteiger partial charge in [0.15, 0.2) is 0 Å². The van der Waals surface area contributed by atoms with Crippen molar-refractivity contribution in [3.05, 3.63) is 29.8 Å². The molecular weight excluding hydrogens is 252 g/mol. The van der Waals surface area contributed by atoms with E-state index >= 15 is 0 Å². The summed E-state index contributed by atoms with van der Waals surface area (Å²) in [5.41, 5.74) is 1.18. The highest BCUT2D eigenvalue weighted by Gasteiger charge is 2.43. The summed E-state index contributed by atoms with van der Waals surface area (Å²) < 4.78 is 5.98. The molecule has 4 nitrogen and oxygen atoms in total. The van der Waals surface area contributed by atoms with Gasteiger partial charge in [0, 0.05) is 17.9 Å². The van der Waals surface area contributed by atoms with Crippen molar-refractivity contribution in [1.82, 2.24) is 10.2 Å². The smallest absolute Gasteiger partial charge is 0.226 e. The van der Waals surface area contributed by atoms with Crippen LogP contribution in [0.1, 0.15) is 30.9 Å². The molecular formula is C16H20N2O2. The van der Waals surface area contributed by atoms with Crippen LogP contribution >= 0.6 is 0 Å². The van der Waals surface area contributed by atoms with Crippen molar-refractivity contribution < 1.29 is 9.53 Å². The normalized spacial score (nSPS) is 28.9. The molecule has 20 heavy (non-hydrogen) atoms. The van der Waals surface area contributed by atoms with Gasteiger partial charge in [0.25, 0.3) is 0 Å². The van der Waals surface area contributed by atoms with E-state index in [2.05, 4.69) is 16.3 Å². The lowest BCUT2D eigenvalue weighted by Gasteiger charge is -2.31. The molecule has 106 valence electrons. The van der Waals surface area contributed by atoms with Crippen LogP contribution in [0.3, 0.4) is 0 Å². The summed E-state index contributed by atoms with van der Waals surface area (Å²) >= 11 is 0. The first-order valence-corrected chi connectivity index (χ1v) is 7.60. The van der Waals surface area contributed by atoms with Crippen molar-refractivity contribution in [3.63, 3.8) is 0 Å². The van der Waals surface area contributed by atoms with Crippen LogP contribution in [0, 0.1) is 5.92 Å². The number of fused-ring (bicyclic) bond motifs is 4. The summed E-state index contributed by atoms with van der Waals surface area (Å²) in [6.07, 6.45) is 3.07. The van der Waals surface area contributed by atoms with E-state index in [4.69, 9.17) is 4.74 Å². The molecule has 0 radical (unpaired) electrons. The molecule has 3 aliphatic rings. The van der Waals surface area contributed by atoms with Crippen molar-refractivity contribution in [2.75, 3.05) is 19.6 Å². The molecule has 0 unspecified atom stereocenters. The molecule has 1 aromatic rings. The van der Waals surface area contributed by atoms with Crippen LogP contribution in [0.4, 0.5) is 0 Å². The number of benzene rings is 1. The summed E-state index contributed by atoms with van der Waals surface area (Å²) in [4.78, 5) is 14.9. The van der Waals surface area contributed by atoms with Gasteiger partial charge in [-0.05, 0) is 32.0 Å². The Morgan fingerprint density at radius 3 is 2.90 bits per heavy atom. The standard InChI is InChI=1S/C16H20N2O2/c19-16(11-5-7-17-8-6-11)18-10-12-9-14(18)13-3-1-2-4-15(13)20-12/h1-4,11-12,14,17H,5-10H2/t12-,14-/m0/s1. The number of piperidine rings is 1. The van der Waals surface area contributed by atoms with Gasteiger partial charge in [-0.1, -0.05) is 18.2 Å². The van der Waals surface area contributed by atoms with Crippen molar-refractivity contribution in [3.8, 4) is 5.75 Å². The Balaban J connectivity index is 1.60. The SMILES string of the molecule is O=C(C1CCNCC1)N1C[C@@H]2C[C@H]1c1ccccc1O2. The first-order chi connectivity index (χ1) is 9.83. The van der Waals surface area contributed by atoms with E-state index in [-0.39, 0.29) is 18.1 Å². The van der Waals surface area contributed by atoms with Crippen LogP contribution in [0.25, 0.3) is 0 Å². The maximum Gasteiger partial charge on any atom is 0.226 e. The van der Waals surface area contributed by atoms with Crippen molar-refractivity contribution in [2.45, 2.75) is 31.4 Å². The van der Waals surface area contributed by atoms with Crippen LogP contribution in [-0.2, 0) is 4.79 Å². The lowest BCUT2D eigenvalue weighted by atomic mass is 9.95. The molecule has 0 saturated carbocycles. The van der Waals surface area contributed by atoms with Crippen molar-refractivity contribution >= 4 is 5.91 Å². The molecule has 0 spiro atoms. The third-order valence-corrected chi connectivity index (χ3v) is 4.81. The van der Waals surface area contributed by atoms with E-state index in [0.717, 1.165) is 44.6 Å². The topological polar surface area (TPSA) is 41.6 Å². The molecule has 4 rings (SSSR count). The fourth-order valence-corrected chi connectivity index (χ4v) is 3.77. The number of para-hydroxylation sites is 1. The van der Waals surface area contributed by atoms with Gasteiger partial charge < -0.3 is 15.0 Å². The Morgan fingerprint density at radius 2 is 2.05 bits per heavy atom. The quantitative estimate of drug-likeness (QED) is 0.846. The van der Waals surface area contributed by atoms with E-state index in [9.17, 15) is 4.79 Å². The van der Waals surface area contributed by atoms with Crippen LogP contribution in [-0.4, -0.2) is 36.5 Å². The molecule has 2 saturated heterocycles. The lowest BCUT2D eigenvalue weighted by Crippen LogP contribution is -2.41. The van der Waals surface area contributed by atoms with Gasteiger partial charge in [0.05, 0.1) is 12.6 Å². The Hall–Kier alpha value is -1.55. The average molecular weight is 272 g/mol. The highest BCUT2D eigenvalue weighted by atomic mass is 16.5. The second kappa shape index (κ2) is 4.77. The zero-order chi connectivity index (χ0) is 13.5. The summed E-state index contributed by atoms with van der Waals surface area (Å²) in [5, 5.41) is 3.33. The summed E-state index contributed by atoms with van der Waals surface area (Å²) in [6, 6.07) is 8.39. The zero-order valence-electron chi connectivity index (χ0n) is 11.5. The van der Waals surface area contributed by atoms with Crippen LogP contribution in [0.2, 0.25) is 0 Å². The summed E-state index contributed by atoms with van der Waals surface area (Å²) in [7, 11) is 0. The third kappa shape index (κ3) is 1.90. The van der Waals surface area contributed by atoms with E-state index in [1.807, 2.05) is 18.2 Å². The second-order valence-electron chi connectivity index (χ2n) is 6.04. The number of carbonyl (C=O) groups is 1. The number of hydrogen-bond acceptors (Lipinski definition) is 3. The van der Waals surface area contributed by atoms with Gasteiger partial charge in [-0.3, -0.25) is 4.79 Å². The van der Waals surface area contributed by atoms with Crippen LogP contribution in [0.5, 0.6) is 5.75 Å². The predicted molar refractivity (Wildman–Crippen MR) is 75.5 cm³/mol. The van der Waals surface area contributed by atoms with E-state index < -0.39 is 0 Å². The number of carbonyl (C=O) groups excluding carboxylic acids is 1. The average Bonchev–Trinajstić information content (AvgIpc) is 2.85. The number of ether oxygens (including phenoxy) is 1. The Morgan fingerprint density at radius 1 is 1.25 bits per heavy atom. The highest BCUT2D eigenvalue weighted by molar-refractivity contribution is 5.80. The van der Waals surface area contributed by atoms with Gasteiger partial charge in [-0.2, -0.15) is 0 Å². The van der Waals surface area contributed by atoms with E-state index in [0.29, 0.717) is 5.91 Å². The van der Waals surface area contributed by atoms with Gasteiger partial charge in [-0.15, -0.1) is 0 Å². The molecule has 4 heteroatoms. The molecule has 2 fully saturated rings. The van der Waals surface area contributed by atoms with Gasteiger partial charge in [0.2, 0.25) is 5.91 Å². The molecule has 0 aromatic heterocycles. The monoisotopic (exact) mass is 272 g/mol. The summed E-state index contributed by atoms with van der Waals surface area (Å²) in [6.45, 7) is 2.68. The molecule has 2 atom stereocenters. The minimum absolute atomic E-state index is 0.181. The first kappa shape index (κ1) is 12.2. The molecule has 2 bridgehead atoms. The summed E-state index contributed by atoms with van der Waals surface area (Å²) in [5.74, 6) is 1.50. The van der Waals surface area contributed by atoms with Gasteiger partial charge in [0.1, 0.15) is 11.9 Å². The molecule has 1 aromatic carbocycles. The lowest BCUT2D eigenvalue weighted by molar-refractivity contribution is -0.137. The van der Waals surface area contributed by atoms with E-state index in [1.165, 1.54) is 5.56 Å². The zero-order valence-corrected chi connectivity index (χ0v) is 11.5. The third-order valence-electron chi connectivity index (χ3n) is 4.81. The number of amides is 1. The Bertz CT molecular complexity index is 525. The van der Waals surface area contributed by atoms with E-state index in [1.54, 1.807) is 0 Å². The maximum absolute atomic E-state index is 12.8. The molecule has 1 amide bonds. The fraction of sp³-hybridized carbons (Fsp3) is 0.562. The number of nitrogens with zero attached hydrogens (tertiary/aromatic N) is 1. The largest absolute Gasteiger partial charge is 0.488 e. The number of rotatable bonds is 1. The van der Waals surface area contributed by atoms with Gasteiger partial charge in [-0.25, -0.2) is 0 Å². The Labute approximate surface area is 119 Å². The second-order valence-corrected chi connectivity index (χ2v) is 6.04.